The molecule has 0 aliphatic heterocycles. The first kappa shape index (κ1) is 13.9. The molecule has 1 heterocycles. The molecule has 4 heteroatoms. The lowest BCUT2D eigenvalue weighted by Crippen LogP contribution is -2.00. The van der Waals surface area contributed by atoms with Crippen LogP contribution >= 0.6 is 15.9 Å². The van der Waals surface area contributed by atoms with E-state index in [1.807, 2.05) is 37.3 Å². The molecule has 0 fully saturated rings. The van der Waals surface area contributed by atoms with E-state index in [0.29, 0.717) is 17.7 Å². The fourth-order valence-corrected chi connectivity index (χ4v) is 2.67. The van der Waals surface area contributed by atoms with Gasteiger partial charge in [0.2, 0.25) is 0 Å². The van der Waals surface area contributed by atoms with E-state index in [1.54, 1.807) is 18.3 Å². The van der Waals surface area contributed by atoms with Crippen LogP contribution in [0.15, 0.2) is 53.1 Å². The second-order valence-electron chi connectivity index (χ2n) is 4.68. The largest absolute Gasteiger partial charge is 0.494 e. The number of halogens is 1. The summed E-state index contributed by atoms with van der Waals surface area (Å²) in [6, 6.07) is 13.1. The lowest BCUT2D eigenvalue weighted by atomic mass is 10.0. The Labute approximate surface area is 131 Å². The third kappa shape index (κ3) is 2.72. The Morgan fingerprint density at radius 3 is 2.67 bits per heavy atom. The Bertz CT molecular complexity index is 790. The quantitative estimate of drug-likeness (QED) is 0.705. The van der Waals surface area contributed by atoms with Gasteiger partial charge >= 0.3 is 0 Å². The zero-order valence-electron chi connectivity index (χ0n) is 11.5. The topological polar surface area (TPSA) is 42.1 Å². The molecule has 0 radical (unpaired) electrons. The molecule has 1 N–H and O–H groups in total. The van der Waals surface area contributed by atoms with E-state index in [2.05, 4.69) is 20.9 Å². The molecule has 3 nitrogen and oxygen atoms in total. The molecule has 0 amide bonds. The number of carbonyl (C=O) groups is 1. The molecule has 0 saturated carbocycles. The van der Waals surface area contributed by atoms with Crippen LogP contribution in [0.2, 0.25) is 0 Å². The average Bonchev–Trinajstić information content (AvgIpc) is 2.90. The molecular formula is C17H14BrNO2. The minimum absolute atomic E-state index is 0.00222. The van der Waals surface area contributed by atoms with E-state index in [1.165, 1.54) is 0 Å². The highest BCUT2D eigenvalue weighted by molar-refractivity contribution is 9.10. The van der Waals surface area contributed by atoms with Crippen molar-refractivity contribution in [2.24, 2.45) is 0 Å². The van der Waals surface area contributed by atoms with Gasteiger partial charge in [0.05, 0.1) is 6.61 Å². The van der Waals surface area contributed by atoms with Gasteiger partial charge in [0.15, 0.2) is 5.78 Å². The molecule has 106 valence electrons. The van der Waals surface area contributed by atoms with Crippen molar-refractivity contribution in [3.05, 3.63) is 64.3 Å². The molecular weight excluding hydrogens is 330 g/mol. The van der Waals surface area contributed by atoms with Crippen LogP contribution in [0.5, 0.6) is 5.75 Å². The van der Waals surface area contributed by atoms with Gasteiger partial charge in [-0.2, -0.15) is 0 Å². The Morgan fingerprint density at radius 2 is 1.95 bits per heavy atom. The van der Waals surface area contributed by atoms with E-state index in [4.69, 9.17) is 4.74 Å². The third-order valence-corrected chi connectivity index (χ3v) is 3.81. The first-order chi connectivity index (χ1) is 10.2. The highest BCUT2D eigenvalue weighted by Crippen LogP contribution is 2.25. The number of aromatic nitrogens is 1. The van der Waals surface area contributed by atoms with Gasteiger partial charge in [-0.05, 0) is 49.4 Å². The zero-order chi connectivity index (χ0) is 14.8. The highest BCUT2D eigenvalue weighted by atomic mass is 79.9. The van der Waals surface area contributed by atoms with Gasteiger partial charge in [0.1, 0.15) is 5.75 Å². The van der Waals surface area contributed by atoms with Crippen molar-refractivity contribution in [2.75, 3.05) is 6.61 Å². The summed E-state index contributed by atoms with van der Waals surface area (Å²) in [5, 5.41) is 0.920. The van der Waals surface area contributed by atoms with Gasteiger partial charge in [0.25, 0.3) is 0 Å². The van der Waals surface area contributed by atoms with Crippen LogP contribution in [0.1, 0.15) is 22.8 Å². The number of ketones is 1. The predicted octanol–water partition coefficient (Wildman–Crippen LogP) is 4.56. The number of ether oxygens (including phenoxy) is 1. The van der Waals surface area contributed by atoms with Crippen molar-refractivity contribution in [1.82, 2.24) is 4.98 Å². The standard InChI is InChI=1S/C17H14BrNO2/c1-2-21-13-6-3-11(4-7-13)17(20)15-10-19-16-8-5-12(18)9-14(15)16/h3-10,19H,2H2,1H3. The summed E-state index contributed by atoms with van der Waals surface area (Å²) in [4.78, 5) is 15.8. The summed E-state index contributed by atoms with van der Waals surface area (Å²) in [5.74, 6) is 0.776. The summed E-state index contributed by atoms with van der Waals surface area (Å²) in [6.45, 7) is 2.55. The maximum atomic E-state index is 12.6. The summed E-state index contributed by atoms with van der Waals surface area (Å²) in [6.07, 6.45) is 1.76. The summed E-state index contributed by atoms with van der Waals surface area (Å²) >= 11 is 3.44. The molecule has 3 aromatic rings. The van der Waals surface area contributed by atoms with Crippen molar-refractivity contribution in [1.29, 1.82) is 0 Å². The van der Waals surface area contributed by atoms with Crippen LogP contribution in [-0.2, 0) is 0 Å². The van der Waals surface area contributed by atoms with Crippen molar-refractivity contribution < 1.29 is 9.53 Å². The fourth-order valence-electron chi connectivity index (χ4n) is 2.31. The molecule has 0 aliphatic carbocycles. The number of rotatable bonds is 4. The fraction of sp³-hybridized carbons (Fsp3) is 0.118. The zero-order valence-corrected chi connectivity index (χ0v) is 13.1. The van der Waals surface area contributed by atoms with E-state index >= 15 is 0 Å². The molecule has 0 spiro atoms. The van der Waals surface area contributed by atoms with Crippen LogP contribution in [-0.4, -0.2) is 17.4 Å². The molecule has 0 saturated heterocycles. The van der Waals surface area contributed by atoms with Gasteiger partial charge in [0, 0.05) is 32.7 Å². The van der Waals surface area contributed by atoms with Crippen LogP contribution < -0.4 is 4.74 Å². The molecule has 0 bridgehead atoms. The number of hydrogen-bond donors (Lipinski definition) is 1. The lowest BCUT2D eigenvalue weighted by Gasteiger charge is -2.04. The summed E-state index contributed by atoms with van der Waals surface area (Å²) in [7, 11) is 0. The van der Waals surface area contributed by atoms with Gasteiger partial charge in [-0.3, -0.25) is 4.79 Å². The van der Waals surface area contributed by atoms with Crippen molar-refractivity contribution in [2.45, 2.75) is 6.92 Å². The first-order valence-corrected chi connectivity index (χ1v) is 7.52. The van der Waals surface area contributed by atoms with Gasteiger partial charge in [-0.25, -0.2) is 0 Å². The second kappa shape index (κ2) is 5.74. The maximum absolute atomic E-state index is 12.6. The summed E-state index contributed by atoms with van der Waals surface area (Å²) < 4.78 is 6.35. The number of H-pyrrole nitrogens is 1. The monoisotopic (exact) mass is 343 g/mol. The minimum atomic E-state index is 0.00222. The number of benzene rings is 2. The van der Waals surface area contributed by atoms with Gasteiger partial charge in [-0.15, -0.1) is 0 Å². The van der Waals surface area contributed by atoms with Crippen LogP contribution in [0.3, 0.4) is 0 Å². The first-order valence-electron chi connectivity index (χ1n) is 6.73. The number of carbonyl (C=O) groups excluding carboxylic acids is 1. The number of fused-ring (bicyclic) bond motifs is 1. The SMILES string of the molecule is CCOc1ccc(C(=O)c2c[nH]c3ccc(Br)cc23)cc1. The molecule has 2 aromatic carbocycles. The second-order valence-corrected chi connectivity index (χ2v) is 5.59. The Balaban J connectivity index is 1.98. The van der Waals surface area contributed by atoms with E-state index in [-0.39, 0.29) is 5.78 Å². The number of nitrogens with one attached hydrogen (secondary N) is 1. The van der Waals surface area contributed by atoms with Crippen molar-refractivity contribution >= 4 is 32.6 Å². The maximum Gasteiger partial charge on any atom is 0.195 e. The van der Waals surface area contributed by atoms with Crippen molar-refractivity contribution in [3.63, 3.8) is 0 Å². The Morgan fingerprint density at radius 1 is 1.19 bits per heavy atom. The number of hydrogen-bond acceptors (Lipinski definition) is 2. The molecule has 21 heavy (non-hydrogen) atoms. The predicted molar refractivity (Wildman–Crippen MR) is 87.0 cm³/mol. The average molecular weight is 344 g/mol. The third-order valence-electron chi connectivity index (χ3n) is 3.32. The normalized spacial score (nSPS) is 10.8. The Kier molecular flexibility index (Phi) is 3.80. The molecule has 0 aliphatic rings. The molecule has 3 rings (SSSR count). The number of aromatic amines is 1. The van der Waals surface area contributed by atoms with E-state index in [0.717, 1.165) is 21.1 Å². The van der Waals surface area contributed by atoms with Gasteiger partial charge < -0.3 is 9.72 Å². The van der Waals surface area contributed by atoms with E-state index in [9.17, 15) is 4.79 Å². The smallest absolute Gasteiger partial charge is 0.195 e. The molecule has 1 aromatic heterocycles. The summed E-state index contributed by atoms with van der Waals surface area (Å²) in [5.41, 5.74) is 2.28. The van der Waals surface area contributed by atoms with Crippen LogP contribution in [0.4, 0.5) is 0 Å². The lowest BCUT2D eigenvalue weighted by molar-refractivity contribution is 0.104. The van der Waals surface area contributed by atoms with Crippen LogP contribution in [0, 0.1) is 0 Å². The van der Waals surface area contributed by atoms with E-state index < -0.39 is 0 Å². The van der Waals surface area contributed by atoms with Gasteiger partial charge in [-0.1, -0.05) is 15.9 Å². The molecule has 0 unspecified atom stereocenters. The molecule has 0 atom stereocenters. The van der Waals surface area contributed by atoms with Crippen molar-refractivity contribution in [3.8, 4) is 5.75 Å². The Hall–Kier alpha value is -2.07. The minimum Gasteiger partial charge on any atom is -0.494 e. The highest BCUT2D eigenvalue weighted by Gasteiger charge is 2.14. The van der Waals surface area contributed by atoms with Crippen LogP contribution in [0.25, 0.3) is 10.9 Å².